The third-order valence-corrected chi connectivity index (χ3v) is 7.63. The van der Waals surface area contributed by atoms with Crippen molar-refractivity contribution in [1.82, 2.24) is 5.32 Å². The lowest BCUT2D eigenvalue weighted by Gasteiger charge is -2.16. The highest BCUT2D eigenvalue weighted by atomic mass is 32.2. The van der Waals surface area contributed by atoms with Gasteiger partial charge in [0, 0.05) is 40.4 Å². The van der Waals surface area contributed by atoms with Crippen molar-refractivity contribution in [3.05, 3.63) is 65.7 Å². The fourth-order valence-electron chi connectivity index (χ4n) is 4.05. The number of carbonyl (C=O) groups excluding carboxylic acids is 2. The van der Waals surface area contributed by atoms with E-state index in [2.05, 4.69) is 17.6 Å². The zero-order chi connectivity index (χ0) is 25.3. The summed E-state index contributed by atoms with van der Waals surface area (Å²) in [6, 6.07) is 15.7. The normalized spacial score (nSPS) is 12.6. The molecule has 0 radical (unpaired) electrons. The Hall–Kier alpha value is -2.47. The van der Waals surface area contributed by atoms with E-state index in [1.54, 1.807) is 42.7 Å². The Morgan fingerprint density at radius 1 is 0.743 bits per heavy atom. The summed E-state index contributed by atoms with van der Waals surface area (Å²) in [6.07, 6.45) is 15.7. The molecule has 0 fully saturated rings. The molecule has 0 saturated heterocycles. The second-order valence-corrected chi connectivity index (χ2v) is 10.9. The maximum Gasteiger partial charge on any atom is 0.258 e. The van der Waals surface area contributed by atoms with E-state index in [0.29, 0.717) is 17.7 Å². The summed E-state index contributed by atoms with van der Waals surface area (Å²) in [5.41, 5.74) is 1.73. The van der Waals surface area contributed by atoms with Crippen molar-refractivity contribution in [1.29, 1.82) is 0 Å². The van der Waals surface area contributed by atoms with Gasteiger partial charge in [-0.3, -0.25) is 19.1 Å². The van der Waals surface area contributed by atoms with Gasteiger partial charge >= 0.3 is 0 Å². The second-order valence-electron chi connectivity index (χ2n) is 9.20. The molecule has 192 valence electrons. The van der Waals surface area contributed by atoms with Crippen LogP contribution in [0.5, 0.6) is 0 Å². The van der Waals surface area contributed by atoms with E-state index < -0.39 is 22.6 Å². The molecular formula is C29H42N2O3S. The Morgan fingerprint density at radius 3 is 1.80 bits per heavy atom. The lowest BCUT2D eigenvalue weighted by atomic mass is 10.1. The first-order valence-corrected chi connectivity index (χ1v) is 14.7. The van der Waals surface area contributed by atoms with Gasteiger partial charge in [0.05, 0.1) is 5.25 Å². The number of imide groups is 1. The zero-order valence-electron chi connectivity index (χ0n) is 21.4. The summed E-state index contributed by atoms with van der Waals surface area (Å²) in [4.78, 5) is 24.5. The lowest BCUT2D eigenvalue weighted by molar-refractivity contribution is 0.0849. The predicted octanol–water partition coefficient (Wildman–Crippen LogP) is 6.73. The highest BCUT2D eigenvalue weighted by Crippen LogP contribution is 2.15. The molecule has 2 amide bonds. The highest BCUT2D eigenvalue weighted by Gasteiger charge is 2.14. The standard InChI is InChI=1S/C29H42N2O3S/c1-3-4-5-6-7-8-9-10-11-15-18-27(35(2)34)23-30-26-21-19-25(20-22-26)29(33)31-28(32)24-16-13-12-14-17-24/h12-14,16-17,19-22,27,30H,3-11,15,18,23H2,1-2H3,(H,31,32,33). The van der Waals surface area contributed by atoms with Crippen molar-refractivity contribution in [2.75, 3.05) is 18.1 Å². The Bertz CT molecular complexity index is 900. The van der Waals surface area contributed by atoms with Gasteiger partial charge in [-0.2, -0.15) is 0 Å². The van der Waals surface area contributed by atoms with Crippen LogP contribution < -0.4 is 10.6 Å². The first kappa shape index (κ1) is 28.8. The smallest absolute Gasteiger partial charge is 0.258 e. The first-order valence-electron chi connectivity index (χ1n) is 13.1. The van der Waals surface area contributed by atoms with Crippen LogP contribution in [0.15, 0.2) is 54.6 Å². The number of rotatable bonds is 17. The molecule has 2 aromatic carbocycles. The van der Waals surface area contributed by atoms with Gasteiger partial charge in [0.15, 0.2) is 0 Å². The number of nitrogens with one attached hydrogen (secondary N) is 2. The minimum atomic E-state index is -0.891. The molecule has 0 saturated carbocycles. The summed E-state index contributed by atoms with van der Waals surface area (Å²) in [6.45, 7) is 2.89. The minimum Gasteiger partial charge on any atom is -0.384 e. The number of carbonyl (C=O) groups is 2. The fourth-order valence-corrected chi connectivity index (χ4v) is 4.87. The zero-order valence-corrected chi connectivity index (χ0v) is 22.2. The van der Waals surface area contributed by atoms with Crippen LogP contribution in [0.25, 0.3) is 0 Å². The minimum absolute atomic E-state index is 0.107. The van der Waals surface area contributed by atoms with Crippen molar-refractivity contribution < 1.29 is 13.8 Å². The van der Waals surface area contributed by atoms with E-state index in [1.165, 1.54) is 57.8 Å². The van der Waals surface area contributed by atoms with Crippen LogP contribution in [0, 0.1) is 0 Å². The van der Waals surface area contributed by atoms with Crippen molar-refractivity contribution >= 4 is 28.3 Å². The molecular weight excluding hydrogens is 456 g/mol. The van der Waals surface area contributed by atoms with E-state index in [1.807, 2.05) is 18.2 Å². The second kappa shape index (κ2) is 17.0. The van der Waals surface area contributed by atoms with Crippen LogP contribution >= 0.6 is 0 Å². The summed E-state index contributed by atoms with van der Waals surface area (Å²) in [7, 11) is -0.891. The van der Waals surface area contributed by atoms with Gasteiger partial charge in [-0.25, -0.2) is 0 Å². The Labute approximate surface area is 213 Å². The van der Waals surface area contributed by atoms with Gasteiger partial charge in [-0.05, 0) is 42.8 Å². The Kier molecular flexibility index (Phi) is 14.0. The summed E-state index contributed by atoms with van der Waals surface area (Å²) < 4.78 is 12.2. The number of unbranched alkanes of at least 4 members (excludes halogenated alkanes) is 9. The fraction of sp³-hybridized carbons (Fsp3) is 0.517. The van der Waals surface area contributed by atoms with Crippen LogP contribution in [-0.4, -0.2) is 34.1 Å². The molecule has 2 atom stereocenters. The lowest BCUT2D eigenvalue weighted by Crippen LogP contribution is -2.30. The molecule has 2 N–H and O–H groups in total. The summed E-state index contributed by atoms with van der Waals surface area (Å²) in [5, 5.41) is 5.87. The number of amides is 2. The molecule has 6 heteroatoms. The molecule has 0 aromatic heterocycles. The van der Waals surface area contributed by atoms with Gasteiger partial charge in [0.2, 0.25) is 0 Å². The van der Waals surface area contributed by atoms with Crippen LogP contribution in [0.1, 0.15) is 98.3 Å². The Morgan fingerprint density at radius 2 is 1.26 bits per heavy atom. The molecule has 2 rings (SSSR count). The van der Waals surface area contributed by atoms with Crippen LogP contribution in [-0.2, 0) is 10.8 Å². The van der Waals surface area contributed by atoms with Crippen LogP contribution in [0.2, 0.25) is 0 Å². The molecule has 0 aliphatic heterocycles. The number of hydrogen-bond donors (Lipinski definition) is 2. The molecule has 2 aromatic rings. The molecule has 0 bridgehead atoms. The van der Waals surface area contributed by atoms with Crippen molar-refractivity contribution in [3.8, 4) is 0 Å². The molecule has 0 spiro atoms. The third-order valence-electron chi connectivity index (χ3n) is 6.29. The van der Waals surface area contributed by atoms with E-state index >= 15 is 0 Å². The topological polar surface area (TPSA) is 75.3 Å². The van der Waals surface area contributed by atoms with Gasteiger partial charge in [0.25, 0.3) is 11.8 Å². The molecule has 0 aliphatic carbocycles. The largest absolute Gasteiger partial charge is 0.384 e. The van der Waals surface area contributed by atoms with Gasteiger partial charge < -0.3 is 5.32 Å². The average molecular weight is 499 g/mol. The number of hydrogen-bond acceptors (Lipinski definition) is 4. The number of benzene rings is 2. The maximum atomic E-state index is 12.4. The van der Waals surface area contributed by atoms with E-state index in [0.717, 1.165) is 18.5 Å². The third kappa shape index (κ3) is 11.7. The highest BCUT2D eigenvalue weighted by molar-refractivity contribution is 7.84. The van der Waals surface area contributed by atoms with Crippen molar-refractivity contribution in [2.24, 2.45) is 0 Å². The molecule has 35 heavy (non-hydrogen) atoms. The molecule has 2 unspecified atom stereocenters. The summed E-state index contributed by atoms with van der Waals surface area (Å²) >= 11 is 0. The maximum absolute atomic E-state index is 12.4. The Balaban J connectivity index is 1.68. The van der Waals surface area contributed by atoms with Crippen LogP contribution in [0.3, 0.4) is 0 Å². The summed E-state index contributed by atoms with van der Waals surface area (Å²) in [5.74, 6) is -0.850. The van der Waals surface area contributed by atoms with E-state index in [-0.39, 0.29) is 5.25 Å². The average Bonchev–Trinajstić information content (AvgIpc) is 2.87. The van der Waals surface area contributed by atoms with Crippen molar-refractivity contribution in [2.45, 2.75) is 82.8 Å². The SMILES string of the molecule is CCCCCCCCCCCCC(CNc1ccc(C(=O)NC(=O)c2ccccc2)cc1)S(C)=O. The van der Waals surface area contributed by atoms with Gasteiger partial charge in [0.1, 0.15) is 0 Å². The van der Waals surface area contributed by atoms with E-state index in [4.69, 9.17) is 0 Å². The van der Waals surface area contributed by atoms with Crippen LogP contribution in [0.4, 0.5) is 5.69 Å². The van der Waals surface area contributed by atoms with Gasteiger partial charge in [-0.15, -0.1) is 0 Å². The molecule has 0 heterocycles. The number of anilines is 1. The quantitative estimate of drug-likeness (QED) is 0.187. The van der Waals surface area contributed by atoms with Gasteiger partial charge in [-0.1, -0.05) is 89.3 Å². The molecule has 5 nitrogen and oxygen atoms in total. The predicted molar refractivity (Wildman–Crippen MR) is 147 cm³/mol. The van der Waals surface area contributed by atoms with E-state index in [9.17, 15) is 13.8 Å². The monoisotopic (exact) mass is 498 g/mol. The first-order chi connectivity index (χ1) is 17.0. The molecule has 0 aliphatic rings. The van der Waals surface area contributed by atoms with Crippen molar-refractivity contribution in [3.63, 3.8) is 0 Å².